The van der Waals surface area contributed by atoms with Crippen LogP contribution in [-0.4, -0.2) is 56.1 Å². The van der Waals surface area contributed by atoms with Gasteiger partial charge in [-0.3, -0.25) is 4.98 Å². The van der Waals surface area contributed by atoms with E-state index in [9.17, 15) is 0 Å². The van der Waals surface area contributed by atoms with Crippen molar-refractivity contribution in [2.75, 3.05) is 20.1 Å². The number of ether oxygens (including phenoxy) is 1. The number of hydrogen-bond acceptors (Lipinski definition) is 6. The number of aromatic amines is 1. The number of benzene rings is 1. The highest BCUT2D eigenvalue weighted by Gasteiger charge is 2.20. The molecule has 7 nitrogen and oxygen atoms in total. The van der Waals surface area contributed by atoms with Gasteiger partial charge in [-0.05, 0) is 56.6 Å². The van der Waals surface area contributed by atoms with Gasteiger partial charge in [0.1, 0.15) is 18.1 Å². The molecular formula is C27H26N6O. The van der Waals surface area contributed by atoms with Crippen LogP contribution in [-0.2, 0) is 0 Å². The fourth-order valence-electron chi connectivity index (χ4n) is 4.73. The van der Waals surface area contributed by atoms with Gasteiger partial charge in [0.05, 0.1) is 10.9 Å². The quantitative estimate of drug-likeness (QED) is 0.414. The minimum atomic E-state index is 0.181. The molecule has 0 atom stereocenters. The topological polar surface area (TPSA) is 79.8 Å². The first-order valence-corrected chi connectivity index (χ1v) is 11.6. The van der Waals surface area contributed by atoms with Crippen molar-refractivity contribution in [2.45, 2.75) is 25.9 Å². The Morgan fingerprint density at radius 1 is 0.941 bits per heavy atom. The molecule has 0 aliphatic carbocycles. The largest absolute Gasteiger partial charge is 0.474 e. The highest BCUT2D eigenvalue weighted by Crippen LogP contribution is 2.34. The Kier molecular flexibility index (Phi) is 5.19. The van der Waals surface area contributed by atoms with Crippen LogP contribution in [0, 0.1) is 6.92 Å². The second-order valence-corrected chi connectivity index (χ2v) is 8.99. The Balaban J connectivity index is 1.41. The van der Waals surface area contributed by atoms with Crippen molar-refractivity contribution in [2.24, 2.45) is 0 Å². The number of aryl methyl sites for hydroxylation is 1. The molecule has 1 fully saturated rings. The number of likely N-dealkylation sites (tertiary alicyclic amines) is 1. The molecule has 0 bridgehead atoms. The number of piperidine rings is 1. The smallest absolute Gasteiger partial charge is 0.224 e. The number of H-pyrrole nitrogens is 1. The van der Waals surface area contributed by atoms with E-state index in [4.69, 9.17) is 4.74 Å². The molecule has 170 valence electrons. The molecule has 0 saturated carbocycles. The Morgan fingerprint density at radius 3 is 2.65 bits per heavy atom. The summed E-state index contributed by atoms with van der Waals surface area (Å²) < 4.78 is 6.36. The number of nitrogens with one attached hydrogen (secondary N) is 1. The minimum absolute atomic E-state index is 0.181. The number of aromatic nitrogens is 5. The second-order valence-electron chi connectivity index (χ2n) is 8.99. The van der Waals surface area contributed by atoms with E-state index >= 15 is 0 Å². The van der Waals surface area contributed by atoms with E-state index in [1.54, 1.807) is 6.33 Å². The molecule has 0 unspecified atom stereocenters. The van der Waals surface area contributed by atoms with Gasteiger partial charge in [-0.15, -0.1) is 0 Å². The standard InChI is InChI=1S/C27H26N6O/c1-17-21(4-3-9-28-17)19-13-22-24(15-30-26(22)29-14-19)18-5-6-25-23(12-18)27(32-16-31-25)34-20-7-10-33(2)11-8-20/h3-6,9,12-16,20H,7-8,10-11H2,1-2H3,(H,29,30). The van der Waals surface area contributed by atoms with Crippen LogP contribution in [0.1, 0.15) is 18.5 Å². The van der Waals surface area contributed by atoms with Gasteiger partial charge >= 0.3 is 0 Å². The minimum Gasteiger partial charge on any atom is -0.474 e. The SMILES string of the molecule is Cc1ncccc1-c1cnc2[nH]cc(-c3ccc4ncnc(OC5CCN(C)CC5)c4c3)c2c1. The molecule has 1 aromatic carbocycles. The molecular weight excluding hydrogens is 424 g/mol. The van der Waals surface area contributed by atoms with Gasteiger partial charge in [-0.2, -0.15) is 0 Å². The zero-order chi connectivity index (χ0) is 23.1. The molecule has 0 radical (unpaired) electrons. The van der Waals surface area contributed by atoms with Crippen molar-refractivity contribution in [1.82, 2.24) is 29.8 Å². The Morgan fingerprint density at radius 2 is 1.79 bits per heavy atom. The van der Waals surface area contributed by atoms with Crippen LogP contribution < -0.4 is 4.74 Å². The third kappa shape index (κ3) is 3.78. The van der Waals surface area contributed by atoms with Crippen molar-refractivity contribution in [1.29, 1.82) is 0 Å². The molecule has 1 aliphatic heterocycles. The summed E-state index contributed by atoms with van der Waals surface area (Å²) >= 11 is 0. The Labute approximate surface area is 197 Å². The van der Waals surface area contributed by atoms with Crippen molar-refractivity contribution >= 4 is 21.9 Å². The lowest BCUT2D eigenvalue weighted by atomic mass is 10.0. The number of nitrogens with zero attached hydrogens (tertiary/aromatic N) is 5. The summed E-state index contributed by atoms with van der Waals surface area (Å²) in [6.45, 7) is 4.10. The van der Waals surface area contributed by atoms with E-state index in [1.807, 2.05) is 37.6 Å². The monoisotopic (exact) mass is 450 g/mol. The lowest BCUT2D eigenvalue weighted by Gasteiger charge is -2.29. The van der Waals surface area contributed by atoms with Crippen molar-refractivity contribution in [3.8, 4) is 28.1 Å². The van der Waals surface area contributed by atoms with Gasteiger partial charge in [-0.1, -0.05) is 12.1 Å². The number of pyridine rings is 2. The summed E-state index contributed by atoms with van der Waals surface area (Å²) in [5, 5.41) is 2.00. The molecule has 6 rings (SSSR count). The summed E-state index contributed by atoms with van der Waals surface area (Å²) in [4.78, 5) is 23.7. The van der Waals surface area contributed by atoms with Crippen LogP contribution in [0.2, 0.25) is 0 Å². The van der Waals surface area contributed by atoms with E-state index in [2.05, 4.69) is 61.1 Å². The maximum absolute atomic E-state index is 6.36. The van der Waals surface area contributed by atoms with Gasteiger partial charge in [-0.25, -0.2) is 15.0 Å². The Hall–Kier alpha value is -3.84. The van der Waals surface area contributed by atoms with Crippen LogP contribution in [0.15, 0.2) is 61.3 Å². The summed E-state index contributed by atoms with van der Waals surface area (Å²) in [5.41, 5.74) is 7.02. The number of fused-ring (bicyclic) bond motifs is 2. The van der Waals surface area contributed by atoms with Gasteiger partial charge in [0.25, 0.3) is 0 Å². The summed E-state index contributed by atoms with van der Waals surface area (Å²) in [7, 11) is 2.15. The van der Waals surface area contributed by atoms with Crippen molar-refractivity contribution in [3.05, 3.63) is 67.0 Å². The summed E-state index contributed by atoms with van der Waals surface area (Å²) in [5.74, 6) is 0.658. The fourth-order valence-corrected chi connectivity index (χ4v) is 4.73. The van der Waals surface area contributed by atoms with Crippen LogP contribution in [0.3, 0.4) is 0 Å². The average Bonchev–Trinajstić information content (AvgIpc) is 3.29. The zero-order valence-corrected chi connectivity index (χ0v) is 19.3. The maximum Gasteiger partial charge on any atom is 0.224 e. The first kappa shape index (κ1) is 20.7. The average molecular weight is 451 g/mol. The van der Waals surface area contributed by atoms with Gasteiger partial charge in [0.15, 0.2) is 0 Å². The van der Waals surface area contributed by atoms with E-state index in [0.29, 0.717) is 5.88 Å². The molecule has 0 spiro atoms. The summed E-state index contributed by atoms with van der Waals surface area (Å²) in [6, 6.07) is 12.5. The van der Waals surface area contributed by atoms with Crippen LogP contribution in [0.5, 0.6) is 5.88 Å². The molecule has 5 aromatic rings. The van der Waals surface area contributed by atoms with E-state index in [-0.39, 0.29) is 6.10 Å². The highest BCUT2D eigenvalue weighted by atomic mass is 16.5. The van der Waals surface area contributed by atoms with E-state index < -0.39 is 0 Å². The van der Waals surface area contributed by atoms with E-state index in [1.165, 1.54) is 0 Å². The fraction of sp³-hybridized carbons (Fsp3) is 0.259. The molecule has 7 heteroatoms. The third-order valence-electron chi connectivity index (χ3n) is 6.70. The third-order valence-corrected chi connectivity index (χ3v) is 6.70. The normalized spacial score (nSPS) is 15.2. The van der Waals surface area contributed by atoms with Crippen LogP contribution >= 0.6 is 0 Å². The van der Waals surface area contributed by atoms with Crippen LogP contribution in [0.4, 0.5) is 0 Å². The highest BCUT2D eigenvalue weighted by molar-refractivity contribution is 5.98. The first-order chi connectivity index (χ1) is 16.7. The first-order valence-electron chi connectivity index (χ1n) is 11.6. The molecule has 1 N–H and O–H groups in total. The molecule has 4 aromatic heterocycles. The summed E-state index contributed by atoms with van der Waals surface area (Å²) in [6.07, 6.45) is 9.51. The lowest BCUT2D eigenvalue weighted by molar-refractivity contribution is 0.111. The predicted molar refractivity (Wildman–Crippen MR) is 134 cm³/mol. The molecule has 34 heavy (non-hydrogen) atoms. The van der Waals surface area contributed by atoms with E-state index in [0.717, 1.165) is 75.8 Å². The number of hydrogen-bond donors (Lipinski definition) is 1. The van der Waals surface area contributed by atoms with Gasteiger partial charge in [0.2, 0.25) is 5.88 Å². The number of rotatable bonds is 4. The lowest BCUT2D eigenvalue weighted by Crippen LogP contribution is -2.35. The molecule has 0 amide bonds. The predicted octanol–water partition coefficient (Wildman–Crippen LogP) is 5.02. The van der Waals surface area contributed by atoms with Crippen molar-refractivity contribution in [3.63, 3.8) is 0 Å². The molecule has 1 saturated heterocycles. The molecule has 1 aliphatic rings. The Bertz CT molecular complexity index is 1490. The zero-order valence-electron chi connectivity index (χ0n) is 19.3. The molecule has 5 heterocycles. The van der Waals surface area contributed by atoms with Gasteiger partial charge < -0.3 is 14.6 Å². The second kappa shape index (κ2) is 8.50. The maximum atomic E-state index is 6.36. The van der Waals surface area contributed by atoms with Crippen molar-refractivity contribution < 1.29 is 4.74 Å². The van der Waals surface area contributed by atoms with Crippen LogP contribution in [0.25, 0.3) is 44.2 Å². The van der Waals surface area contributed by atoms with Gasteiger partial charge in [0, 0.05) is 59.5 Å².